The van der Waals surface area contributed by atoms with Crippen molar-refractivity contribution in [3.8, 4) is 0 Å². The molecule has 0 saturated heterocycles. The molecule has 3 nitrogen and oxygen atoms in total. The third-order valence-electron chi connectivity index (χ3n) is 2.68. The van der Waals surface area contributed by atoms with Gasteiger partial charge in [-0.05, 0) is 30.7 Å². The molecule has 0 fully saturated rings. The molecule has 4 heteroatoms. The molecule has 18 heavy (non-hydrogen) atoms. The average Bonchev–Trinajstić information content (AvgIpc) is 2.35. The lowest BCUT2D eigenvalue weighted by Crippen LogP contribution is -2.23. The first kappa shape index (κ1) is 12.5. The van der Waals surface area contributed by atoms with Gasteiger partial charge >= 0.3 is 0 Å². The number of hydrogen-bond donors (Lipinski definition) is 1. The highest BCUT2D eigenvalue weighted by Gasteiger charge is 2.06. The standard InChI is InChI=1S/C14H12ClNO2/c1-9-11(15)6-4-8-12(9)16-13-7-3-2-5-10(13)14(17)18/h2-8,16H,1H3,(H,17,18)/p-1. The molecule has 2 rings (SSSR count). The van der Waals surface area contributed by atoms with Gasteiger partial charge in [0.2, 0.25) is 0 Å². The summed E-state index contributed by atoms with van der Waals surface area (Å²) in [5.41, 5.74) is 2.25. The normalized spacial score (nSPS) is 10.1. The van der Waals surface area contributed by atoms with Crippen LogP contribution in [0.4, 0.5) is 11.4 Å². The van der Waals surface area contributed by atoms with Crippen LogP contribution in [0.15, 0.2) is 42.5 Å². The van der Waals surface area contributed by atoms with Gasteiger partial charge in [-0.2, -0.15) is 0 Å². The quantitative estimate of drug-likeness (QED) is 0.923. The van der Waals surface area contributed by atoms with Crippen LogP contribution >= 0.6 is 11.6 Å². The Labute approximate surface area is 110 Å². The Morgan fingerprint density at radius 2 is 1.78 bits per heavy atom. The zero-order valence-electron chi connectivity index (χ0n) is 9.74. The molecule has 0 atom stereocenters. The van der Waals surface area contributed by atoms with Crippen molar-refractivity contribution in [2.24, 2.45) is 0 Å². The minimum Gasteiger partial charge on any atom is -0.545 e. The molecule has 2 aromatic rings. The zero-order chi connectivity index (χ0) is 13.1. The number of aromatic carboxylic acids is 1. The van der Waals surface area contributed by atoms with Crippen molar-refractivity contribution >= 4 is 28.9 Å². The molecule has 0 unspecified atom stereocenters. The van der Waals surface area contributed by atoms with Gasteiger partial charge in [-0.25, -0.2) is 0 Å². The Morgan fingerprint density at radius 1 is 1.11 bits per heavy atom. The van der Waals surface area contributed by atoms with E-state index in [1.165, 1.54) is 6.07 Å². The fourth-order valence-electron chi connectivity index (χ4n) is 1.66. The van der Waals surface area contributed by atoms with E-state index in [1.54, 1.807) is 30.3 Å². The molecule has 92 valence electrons. The summed E-state index contributed by atoms with van der Waals surface area (Å²) in [5, 5.41) is 14.7. The number of para-hydroxylation sites is 1. The Balaban J connectivity index is 2.40. The van der Waals surface area contributed by atoms with E-state index >= 15 is 0 Å². The Morgan fingerprint density at radius 3 is 2.50 bits per heavy atom. The van der Waals surface area contributed by atoms with Crippen LogP contribution in [-0.2, 0) is 0 Å². The number of carbonyl (C=O) groups is 1. The second-order valence-corrected chi connectivity index (χ2v) is 4.28. The maximum atomic E-state index is 11.0. The van der Waals surface area contributed by atoms with E-state index in [-0.39, 0.29) is 5.56 Å². The highest BCUT2D eigenvalue weighted by molar-refractivity contribution is 6.31. The average molecular weight is 261 g/mol. The van der Waals surface area contributed by atoms with Crippen molar-refractivity contribution < 1.29 is 9.90 Å². The van der Waals surface area contributed by atoms with Crippen molar-refractivity contribution in [2.75, 3.05) is 5.32 Å². The Kier molecular flexibility index (Phi) is 3.53. The van der Waals surface area contributed by atoms with Crippen molar-refractivity contribution in [1.29, 1.82) is 0 Å². The summed E-state index contributed by atoms with van der Waals surface area (Å²) in [6.45, 7) is 1.87. The van der Waals surface area contributed by atoms with E-state index in [2.05, 4.69) is 5.32 Å². The summed E-state index contributed by atoms with van der Waals surface area (Å²) >= 11 is 6.01. The predicted octanol–water partition coefficient (Wildman–Crippen LogP) is 2.76. The lowest BCUT2D eigenvalue weighted by molar-refractivity contribution is -0.254. The van der Waals surface area contributed by atoms with E-state index < -0.39 is 5.97 Å². The summed E-state index contributed by atoms with van der Waals surface area (Å²) in [6.07, 6.45) is 0. The minimum absolute atomic E-state index is 0.122. The van der Waals surface area contributed by atoms with Crippen LogP contribution in [0, 0.1) is 6.92 Å². The van der Waals surface area contributed by atoms with Gasteiger partial charge < -0.3 is 15.2 Å². The van der Waals surface area contributed by atoms with Crippen molar-refractivity contribution in [2.45, 2.75) is 6.92 Å². The van der Waals surface area contributed by atoms with Gasteiger partial charge in [-0.3, -0.25) is 0 Å². The lowest BCUT2D eigenvalue weighted by atomic mass is 10.1. The van der Waals surface area contributed by atoms with E-state index in [9.17, 15) is 9.90 Å². The van der Waals surface area contributed by atoms with E-state index in [0.717, 1.165) is 11.3 Å². The van der Waals surface area contributed by atoms with Crippen LogP contribution in [0.3, 0.4) is 0 Å². The number of rotatable bonds is 3. The number of anilines is 2. The third-order valence-corrected chi connectivity index (χ3v) is 3.09. The first-order chi connectivity index (χ1) is 8.59. The molecule has 0 amide bonds. The van der Waals surface area contributed by atoms with Crippen molar-refractivity contribution in [3.05, 3.63) is 58.6 Å². The molecule has 0 heterocycles. The van der Waals surface area contributed by atoms with Gasteiger partial charge in [0.05, 0.1) is 5.97 Å². The molecule has 0 saturated carbocycles. The monoisotopic (exact) mass is 260 g/mol. The van der Waals surface area contributed by atoms with Crippen LogP contribution < -0.4 is 10.4 Å². The maximum Gasteiger partial charge on any atom is 0.0736 e. The summed E-state index contributed by atoms with van der Waals surface area (Å²) in [5.74, 6) is -1.21. The molecule has 0 bridgehead atoms. The second kappa shape index (κ2) is 5.10. The first-order valence-corrected chi connectivity index (χ1v) is 5.80. The highest BCUT2D eigenvalue weighted by Crippen LogP contribution is 2.27. The Bertz CT molecular complexity index is 596. The molecular weight excluding hydrogens is 250 g/mol. The molecule has 0 aliphatic heterocycles. The molecule has 0 spiro atoms. The number of halogens is 1. The maximum absolute atomic E-state index is 11.0. The summed E-state index contributed by atoms with van der Waals surface area (Å²) in [7, 11) is 0. The van der Waals surface area contributed by atoms with Crippen LogP contribution in [0.1, 0.15) is 15.9 Å². The highest BCUT2D eigenvalue weighted by atomic mass is 35.5. The SMILES string of the molecule is Cc1c(Cl)cccc1Nc1ccccc1C(=O)[O-]. The Hall–Kier alpha value is -2.00. The van der Waals surface area contributed by atoms with Crippen LogP contribution in [0.25, 0.3) is 0 Å². The fourth-order valence-corrected chi connectivity index (χ4v) is 1.83. The second-order valence-electron chi connectivity index (χ2n) is 3.87. The summed E-state index contributed by atoms with van der Waals surface area (Å²) < 4.78 is 0. The van der Waals surface area contributed by atoms with Crippen LogP contribution in [0.2, 0.25) is 5.02 Å². The number of carboxylic acids is 1. The van der Waals surface area contributed by atoms with Gasteiger partial charge in [0.15, 0.2) is 0 Å². The molecule has 0 aromatic heterocycles. The summed E-state index contributed by atoms with van der Waals surface area (Å²) in [4.78, 5) is 11.0. The summed E-state index contributed by atoms with van der Waals surface area (Å²) in [6, 6.07) is 12.0. The number of carboxylic acid groups (broad SMARTS) is 1. The number of benzene rings is 2. The van der Waals surface area contributed by atoms with E-state index in [4.69, 9.17) is 11.6 Å². The molecule has 0 aliphatic rings. The van der Waals surface area contributed by atoms with Gasteiger partial charge in [-0.15, -0.1) is 0 Å². The van der Waals surface area contributed by atoms with Gasteiger partial charge in [-0.1, -0.05) is 35.9 Å². The van der Waals surface area contributed by atoms with Crippen molar-refractivity contribution in [1.82, 2.24) is 0 Å². The molecular formula is C14H11ClNO2-. The van der Waals surface area contributed by atoms with Crippen molar-refractivity contribution in [3.63, 3.8) is 0 Å². The van der Waals surface area contributed by atoms with Crippen LogP contribution in [0.5, 0.6) is 0 Å². The largest absolute Gasteiger partial charge is 0.545 e. The third kappa shape index (κ3) is 2.46. The van der Waals surface area contributed by atoms with E-state index in [1.807, 2.05) is 13.0 Å². The van der Waals surface area contributed by atoms with Gasteiger partial charge in [0.1, 0.15) is 0 Å². The number of carbonyl (C=O) groups excluding carboxylic acids is 1. The first-order valence-electron chi connectivity index (χ1n) is 5.42. The number of nitrogens with one attached hydrogen (secondary N) is 1. The van der Waals surface area contributed by atoms with E-state index in [0.29, 0.717) is 10.7 Å². The fraction of sp³-hybridized carbons (Fsp3) is 0.0714. The minimum atomic E-state index is -1.21. The lowest BCUT2D eigenvalue weighted by Gasteiger charge is -2.14. The van der Waals surface area contributed by atoms with Gasteiger partial charge in [0, 0.05) is 22.0 Å². The molecule has 2 aromatic carbocycles. The molecule has 0 radical (unpaired) electrons. The molecule has 1 N–H and O–H groups in total. The smallest absolute Gasteiger partial charge is 0.0736 e. The number of hydrogen-bond acceptors (Lipinski definition) is 3. The van der Waals surface area contributed by atoms with Crippen LogP contribution in [-0.4, -0.2) is 5.97 Å². The predicted molar refractivity (Wildman–Crippen MR) is 70.2 cm³/mol. The van der Waals surface area contributed by atoms with Gasteiger partial charge in [0.25, 0.3) is 0 Å². The topological polar surface area (TPSA) is 52.2 Å². The zero-order valence-corrected chi connectivity index (χ0v) is 10.5. The molecule has 0 aliphatic carbocycles.